The Kier molecular flexibility index (Phi) is 5.12. The summed E-state index contributed by atoms with van der Waals surface area (Å²) in [7, 11) is 0. The van der Waals surface area contributed by atoms with Crippen LogP contribution in [-0.2, 0) is 0 Å². The molecule has 84 valence electrons. The number of hydrogen-bond acceptors (Lipinski definition) is 2. The van der Waals surface area contributed by atoms with Crippen molar-refractivity contribution < 1.29 is 14.2 Å². The van der Waals surface area contributed by atoms with Crippen molar-refractivity contribution in [1.82, 2.24) is 0 Å². The van der Waals surface area contributed by atoms with Crippen LogP contribution in [0.4, 0.5) is 4.39 Å². The van der Waals surface area contributed by atoms with Gasteiger partial charge in [-0.1, -0.05) is 12.1 Å². The third-order valence-corrected chi connectivity index (χ3v) is 2.22. The first kappa shape index (κ1) is 12.0. The Balaban J connectivity index is 2.34. The number of aliphatic hydroxyl groups excluding tert-OH is 1. The van der Waals surface area contributed by atoms with Crippen molar-refractivity contribution in [2.24, 2.45) is 0 Å². The van der Waals surface area contributed by atoms with Gasteiger partial charge in [-0.15, -0.1) is 0 Å². The summed E-state index contributed by atoms with van der Waals surface area (Å²) in [5.74, 6) is 0.0404. The van der Waals surface area contributed by atoms with Crippen molar-refractivity contribution >= 4 is 0 Å². The van der Waals surface area contributed by atoms with Crippen molar-refractivity contribution in [3.8, 4) is 5.75 Å². The molecule has 0 aliphatic heterocycles. The maximum atomic E-state index is 13.4. The zero-order valence-corrected chi connectivity index (χ0v) is 9.00. The van der Waals surface area contributed by atoms with Gasteiger partial charge in [-0.3, -0.25) is 0 Å². The van der Waals surface area contributed by atoms with Crippen LogP contribution in [0.3, 0.4) is 0 Å². The Morgan fingerprint density at radius 1 is 1.27 bits per heavy atom. The Morgan fingerprint density at radius 2 is 2.07 bits per heavy atom. The molecule has 0 unspecified atom stereocenters. The molecular formula is C12H17FO2. The van der Waals surface area contributed by atoms with Gasteiger partial charge in [0.1, 0.15) is 0 Å². The second-order valence-corrected chi connectivity index (χ2v) is 3.52. The van der Waals surface area contributed by atoms with E-state index in [4.69, 9.17) is 9.84 Å². The van der Waals surface area contributed by atoms with Crippen LogP contribution in [0.25, 0.3) is 0 Å². The summed E-state index contributed by atoms with van der Waals surface area (Å²) in [6, 6.07) is 5.13. The topological polar surface area (TPSA) is 29.5 Å². The van der Waals surface area contributed by atoms with Crippen molar-refractivity contribution in [3.63, 3.8) is 0 Å². The van der Waals surface area contributed by atoms with Crippen LogP contribution in [0.15, 0.2) is 18.2 Å². The first-order valence-electron chi connectivity index (χ1n) is 5.24. The van der Waals surface area contributed by atoms with Gasteiger partial charge >= 0.3 is 0 Å². The molecule has 0 aromatic heterocycles. The van der Waals surface area contributed by atoms with Gasteiger partial charge in [-0.2, -0.15) is 0 Å². The first-order chi connectivity index (χ1) is 7.25. The first-order valence-corrected chi connectivity index (χ1v) is 5.24. The lowest BCUT2D eigenvalue weighted by molar-refractivity contribution is 0.261. The van der Waals surface area contributed by atoms with Crippen LogP contribution in [-0.4, -0.2) is 18.3 Å². The molecule has 0 saturated heterocycles. The molecule has 0 spiro atoms. The summed E-state index contributed by atoms with van der Waals surface area (Å²) in [5, 5.41) is 8.56. The van der Waals surface area contributed by atoms with E-state index in [0.717, 1.165) is 19.3 Å². The minimum atomic E-state index is -0.278. The summed E-state index contributed by atoms with van der Waals surface area (Å²) in [6.07, 6.45) is 2.53. The zero-order valence-electron chi connectivity index (χ0n) is 9.00. The molecule has 3 heteroatoms. The summed E-state index contributed by atoms with van der Waals surface area (Å²) >= 11 is 0. The van der Waals surface area contributed by atoms with Gasteiger partial charge in [0, 0.05) is 6.61 Å². The summed E-state index contributed by atoms with van der Waals surface area (Å²) in [5.41, 5.74) is 0.600. The Bertz CT molecular complexity index is 300. The van der Waals surface area contributed by atoms with Gasteiger partial charge < -0.3 is 9.84 Å². The number of benzene rings is 1. The van der Waals surface area contributed by atoms with Gasteiger partial charge in [0.2, 0.25) is 0 Å². The standard InChI is InChI=1S/C12H17FO2/c1-10-6-5-7-11(12(10)13)15-9-4-2-3-8-14/h5-7,14H,2-4,8-9H2,1H3. The number of rotatable bonds is 6. The third kappa shape index (κ3) is 3.88. The smallest absolute Gasteiger partial charge is 0.167 e. The highest BCUT2D eigenvalue weighted by molar-refractivity contribution is 5.29. The molecule has 1 N–H and O–H groups in total. The molecule has 0 amide bonds. The lowest BCUT2D eigenvalue weighted by Gasteiger charge is -2.07. The molecule has 0 aliphatic carbocycles. The van der Waals surface area contributed by atoms with Crippen molar-refractivity contribution in [2.75, 3.05) is 13.2 Å². The van der Waals surface area contributed by atoms with E-state index in [1.807, 2.05) is 0 Å². The van der Waals surface area contributed by atoms with Gasteiger partial charge in [-0.25, -0.2) is 4.39 Å². The van der Waals surface area contributed by atoms with E-state index in [0.29, 0.717) is 17.9 Å². The quantitative estimate of drug-likeness (QED) is 0.734. The van der Waals surface area contributed by atoms with E-state index in [2.05, 4.69) is 0 Å². The van der Waals surface area contributed by atoms with Crippen LogP contribution in [0.2, 0.25) is 0 Å². The SMILES string of the molecule is Cc1cccc(OCCCCCO)c1F. The van der Waals surface area contributed by atoms with Gasteiger partial charge in [-0.05, 0) is 37.8 Å². The maximum Gasteiger partial charge on any atom is 0.167 e. The van der Waals surface area contributed by atoms with E-state index < -0.39 is 0 Å². The van der Waals surface area contributed by atoms with Crippen LogP contribution in [0.5, 0.6) is 5.75 Å². The lowest BCUT2D eigenvalue weighted by atomic mass is 10.2. The van der Waals surface area contributed by atoms with E-state index >= 15 is 0 Å². The summed E-state index contributed by atoms with van der Waals surface area (Å²) in [4.78, 5) is 0. The number of ether oxygens (including phenoxy) is 1. The average molecular weight is 212 g/mol. The minimum Gasteiger partial charge on any atom is -0.491 e. The van der Waals surface area contributed by atoms with Crippen LogP contribution < -0.4 is 4.74 Å². The fraction of sp³-hybridized carbons (Fsp3) is 0.500. The fourth-order valence-corrected chi connectivity index (χ4v) is 1.30. The molecule has 0 saturated carbocycles. The van der Waals surface area contributed by atoms with Crippen LogP contribution >= 0.6 is 0 Å². The largest absolute Gasteiger partial charge is 0.491 e. The van der Waals surface area contributed by atoms with Crippen LogP contribution in [0.1, 0.15) is 24.8 Å². The molecule has 1 aromatic rings. The molecule has 0 aliphatic rings. The summed E-state index contributed by atoms with van der Waals surface area (Å²) in [6.45, 7) is 2.42. The van der Waals surface area contributed by atoms with Crippen molar-refractivity contribution in [3.05, 3.63) is 29.6 Å². The predicted molar refractivity (Wildman–Crippen MR) is 57.6 cm³/mol. The van der Waals surface area contributed by atoms with Gasteiger partial charge in [0.05, 0.1) is 6.61 Å². The predicted octanol–water partition coefficient (Wildman–Crippen LogP) is 2.68. The molecule has 15 heavy (non-hydrogen) atoms. The summed E-state index contributed by atoms with van der Waals surface area (Å²) < 4.78 is 18.7. The number of aryl methyl sites for hydroxylation is 1. The highest BCUT2D eigenvalue weighted by Gasteiger charge is 2.04. The highest BCUT2D eigenvalue weighted by atomic mass is 19.1. The highest BCUT2D eigenvalue weighted by Crippen LogP contribution is 2.19. The van der Waals surface area contributed by atoms with Crippen LogP contribution in [0, 0.1) is 12.7 Å². The molecule has 0 bridgehead atoms. The Labute approximate surface area is 89.7 Å². The minimum absolute atomic E-state index is 0.207. The number of hydrogen-bond donors (Lipinski definition) is 1. The second kappa shape index (κ2) is 6.40. The molecule has 1 aromatic carbocycles. The van der Waals surface area contributed by atoms with E-state index in [1.165, 1.54) is 0 Å². The van der Waals surface area contributed by atoms with E-state index in [-0.39, 0.29) is 12.4 Å². The zero-order chi connectivity index (χ0) is 11.1. The lowest BCUT2D eigenvalue weighted by Crippen LogP contribution is -2.00. The van der Waals surface area contributed by atoms with Crippen molar-refractivity contribution in [2.45, 2.75) is 26.2 Å². The fourth-order valence-electron chi connectivity index (χ4n) is 1.30. The average Bonchev–Trinajstić information content (AvgIpc) is 2.24. The Morgan fingerprint density at radius 3 is 2.80 bits per heavy atom. The third-order valence-electron chi connectivity index (χ3n) is 2.22. The van der Waals surface area contributed by atoms with Crippen molar-refractivity contribution in [1.29, 1.82) is 0 Å². The van der Waals surface area contributed by atoms with Gasteiger partial charge in [0.15, 0.2) is 11.6 Å². The molecule has 0 fully saturated rings. The molecule has 0 atom stereocenters. The van der Waals surface area contributed by atoms with E-state index in [1.54, 1.807) is 25.1 Å². The monoisotopic (exact) mass is 212 g/mol. The molecular weight excluding hydrogens is 195 g/mol. The molecule has 0 heterocycles. The Hall–Kier alpha value is -1.09. The van der Waals surface area contributed by atoms with E-state index in [9.17, 15) is 4.39 Å². The number of halogens is 1. The van der Waals surface area contributed by atoms with Gasteiger partial charge in [0.25, 0.3) is 0 Å². The maximum absolute atomic E-state index is 13.4. The molecule has 1 rings (SSSR count). The molecule has 0 radical (unpaired) electrons. The number of aliphatic hydroxyl groups is 1. The second-order valence-electron chi connectivity index (χ2n) is 3.52. The number of unbranched alkanes of at least 4 members (excludes halogenated alkanes) is 2. The normalized spacial score (nSPS) is 10.3. The molecule has 2 nitrogen and oxygen atoms in total.